The van der Waals surface area contributed by atoms with Crippen LogP contribution in [0.1, 0.15) is 16.4 Å². The Morgan fingerprint density at radius 2 is 2.32 bits per heavy atom. The molecule has 0 bridgehead atoms. The summed E-state index contributed by atoms with van der Waals surface area (Å²) in [5, 5.41) is 4.83. The molecule has 0 saturated heterocycles. The molecule has 3 rings (SSSR count). The zero-order chi connectivity index (χ0) is 13.4. The molecular formula is C13H10BrN3O2. The number of rotatable bonds is 3. The van der Waals surface area contributed by atoms with Gasteiger partial charge in [-0.2, -0.15) is 5.10 Å². The average molecular weight is 320 g/mol. The minimum Gasteiger partial charge on any atom is -0.452 e. The molecule has 0 aliphatic carbocycles. The molecule has 5 nitrogen and oxygen atoms in total. The second-order valence-corrected chi connectivity index (χ2v) is 5.02. The number of aromatic nitrogens is 3. The topological polar surface area (TPSA) is 60.9 Å². The third-order valence-corrected chi connectivity index (χ3v) is 3.52. The van der Waals surface area contributed by atoms with Crippen LogP contribution in [0.2, 0.25) is 0 Å². The molecule has 0 saturated carbocycles. The fourth-order valence-corrected chi connectivity index (χ4v) is 2.34. The molecule has 0 fully saturated rings. The van der Waals surface area contributed by atoms with Crippen LogP contribution in [0.4, 0.5) is 0 Å². The van der Waals surface area contributed by atoms with Crippen molar-refractivity contribution < 1.29 is 9.21 Å². The number of carbonyl (C=O) groups is 1. The van der Waals surface area contributed by atoms with Crippen LogP contribution in [-0.4, -0.2) is 20.5 Å². The van der Waals surface area contributed by atoms with Crippen molar-refractivity contribution in [3.05, 3.63) is 46.7 Å². The van der Waals surface area contributed by atoms with E-state index in [0.29, 0.717) is 17.2 Å². The molecule has 0 aliphatic rings. The highest BCUT2D eigenvalue weighted by Crippen LogP contribution is 2.27. The molecule has 2 aromatic heterocycles. The fraction of sp³-hybridized carbons (Fsp3) is 0.154. The van der Waals surface area contributed by atoms with E-state index in [4.69, 9.17) is 4.42 Å². The number of halogens is 1. The van der Waals surface area contributed by atoms with Crippen molar-refractivity contribution in [2.24, 2.45) is 7.05 Å². The van der Waals surface area contributed by atoms with E-state index in [1.54, 1.807) is 17.8 Å². The Bertz CT molecular complexity index is 760. The molecule has 2 heterocycles. The van der Waals surface area contributed by atoms with Gasteiger partial charge in [0.25, 0.3) is 0 Å². The molecule has 0 N–H and O–H groups in total. The average Bonchev–Trinajstić information content (AvgIpc) is 2.97. The predicted molar refractivity (Wildman–Crippen MR) is 73.0 cm³/mol. The van der Waals surface area contributed by atoms with Crippen LogP contribution in [0.15, 0.2) is 39.5 Å². The van der Waals surface area contributed by atoms with Crippen LogP contribution in [0.5, 0.6) is 0 Å². The molecule has 0 atom stereocenters. The van der Waals surface area contributed by atoms with Gasteiger partial charge in [-0.25, -0.2) is 4.98 Å². The van der Waals surface area contributed by atoms with E-state index in [0.717, 1.165) is 9.86 Å². The van der Waals surface area contributed by atoms with Crippen LogP contribution in [-0.2, 0) is 13.5 Å². The summed E-state index contributed by atoms with van der Waals surface area (Å²) in [5.74, 6) is 0.841. The van der Waals surface area contributed by atoms with Crippen LogP contribution in [0.25, 0.3) is 11.0 Å². The van der Waals surface area contributed by atoms with Gasteiger partial charge in [0.1, 0.15) is 17.7 Å². The summed E-state index contributed by atoms with van der Waals surface area (Å²) >= 11 is 3.40. The number of nitrogens with zero attached hydrogens (tertiary/aromatic N) is 3. The highest BCUT2D eigenvalue weighted by molar-refractivity contribution is 9.10. The van der Waals surface area contributed by atoms with E-state index < -0.39 is 0 Å². The lowest BCUT2D eigenvalue weighted by Crippen LogP contribution is -2.08. The first kappa shape index (κ1) is 12.1. The normalized spacial score (nSPS) is 11.1. The number of fused-ring (bicyclic) bond motifs is 1. The Kier molecular flexibility index (Phi) is 2.94. The van der Waals surface area contributed by atoms with Crippen LogP contribution in [0, 0.1) is 0 Å². The van der Waals surface area contributed by atoms with Gasteiger partial charge in [0.05, 0.1) is 10.9 Å². The minimum atomic E-state index is -0.112. The van der Waals surface area contributed by atoms with Crippen molar-refractivity contribution in [2.75, 3.05) is 0 Å². The van der Waals surface area contributed by atoms with Crippen molar-refractivity contribution in [3.63, 3.8) is 0 Å². The number of aryl methyl sites for hydroxylation is 1. The van der Waals surface area contributed by atoms with Gasteiger partial charge >= 0.3 is 0 Å². The lowest BCUT2D eigenvalue weighted by atomic mass is 10.2. The molecule has 0 spiro atoms. The number of ketones is 1. The Hall–Kier alpha value is -1.95. The number of benzene rings is 1. The van der Waals surface area contributed by atoms with Crippen LogP contribution < -0.4 is 0 Å². The smallest absolute Gasteiger partial charge is 0.205 e. The second-order valence-electron chi connectivity index (χ2n) is 4.17. The Morgan fingerprint density at radius 3 is 3.00 bits per heavy atom. The van der Waals surface area contributed by atoms with Gasteiger partial charge < -0.3 is 4.42 Å². The monoisotopic (exact) mass is 319 g/mol. The molecule has 6 heteroatoms. The summed E-state index contributed by atoms with van der Waals surface area (Å²) in [4.78, 5) is 16.2. The molecule has 19 heavy (non-hydrogen) atoms. The Balaban J connectivity index is 1.94. The molecule has 0 aliphatic heterocycles. The molecule has 0 amide bonds. The maximum absolute atomic E-state index is 12.2. The lowest BCUT2D eigenvalue weighted by molar-refractivity contribution is 0.0965. The maximum Gasteiger partial charge on any atom is 0.205 e. The van der Waals surface area contributed by atoms with Gasteiger partial charge in [-0.15, -0.1) is 0 Å². The fourth-order valence-electron chi connectivity index (χ4n) is 1.88. The van der Waals surface area contributed by atoms with E-state index in [1.807, 2.05) is 18.2 Å². The number of para-hydroxylation sites is 1. The van der Waals surface area contributed by atoms with E-state index in [2.05, 4.69) is 26.0 Å². The van der Waals surface area contributed by atoms with Crippen molar-refractivity contribution in [2.45, 2.75) is 6.42 Å². The number of carbonyl (C=O) groups excluding carboxylic acids is 1. The summed E-state index contributed by atoms with van der Waals surface area (Å²) < 4.78 is 8.01. The zero-order valence-electron chi connectivity index (χ0n) is 10.1. The van der Waals surface area contributed by atoms with E-state index in [9.17, 15) is 4.79 Å². The summed E-state index contributed by atoms with van der Waals surface area (Å²) in [6.07, 6.45) is 1.60. The van der Waals surface area contributed by atoms with Crippen molar-refractivity contribution in [1.29, 1.82) is 0 Å². The number of hydrogen-bond donors (Lipinski definition) is 0. The van der Waals surface area contributed by atoms with Gasteiger partial charge in [-0.05, 0) is 28.1 Å². The third kappa shape index (κ3) is 2.19. The molecule has 0 unspecified atom stereocenters. The lowest BCUT2D eigenvalue weighted by Gasteiger charge is -1.97. The summed E-state index contributed by atoms with van der Waals surface area (Å²) in [5.41, 5.74) is 0.684. The first-order valence-electron chi connectivity index (χ1n) is 5.69. The van der Waals surface area contributed by atoms with E-state index >= 15 is 0 Å². The maximum atomic E-state index is 12.2. The van der Waals surface area contributed by atoms with Crippen molar-refractivity contribution in [1.82, 2.24) is 14.8 Å². The zero-order valence-corrected chi connectivity index (χ0v) is 11.7. The van der Waals surface area contributed by atoms with Crippen LogP contribution >= 0.6 is 15.9 Å². The summed E-state index contributed by atoms with van der Waals surface area (Å²) in [6, 6.07) is 7.43. The molecule has 96 valence electrons. The number of Topliss-reactive ketones (excluding diaryl/α,β-unsaturated/α-hetero) is 1. The predicted octanol–water partition coefficient (Wildman–Crippen LogP) is 2.75. The van der Waals surface area contributed by atoms with Gasteiger partial charge in [0.15, 0.2) is 5.76 Å². The van der Waals surface area contributed by atoms with Gasteiger partial charge in [-0.1, -0.05) is 12.1 Å². The standard InChI is InChI=1S/C13H10BrN3O2/c1-17-12(15-7-16-17)6-10(18)11-5-8-3-2-4-9(14)13(8)19-11/h2-5,7H,6H2,1H3. The minimum absolute atomic E-state index is 0.112. The summed E-state index contributed by atoms with van der Waals surface area (Å²) in [6.45, 7) is 0. The third-order valence-electron chi connectivity index (χ3n) is 2.89. The molecule has 0 radical (unpaired) electrons. The van der Waals surface area contributed by atoms with Crippen molar-refractivity contribution >= 4 is 32.7 Å². The van der Waals surface area contributed by atoms with Gasteiger partial charge in [0.2, 0.25) is 5.78 Å². The highest BCUT2D eigenvalue weighted by atomic mass is 79.9. The largest absolute Gasteiger partial charge is 0.452 e. The summed E-state index contributed by atoms with van der Waals surface area (Å²) in [7, 11) is 1.75. The van der Waals surface area contributed by atoms with Gasteiger partial charge in [0, 0.05) is 12.4 Å². The number of hydrogen-bond acceptors (Lipinski definition) is 4. The van der Waals surface area contributed by atoms with E-state index in [-0.39, 0.29) is 12.2 Å². The highest BCUT2D eigenvalue weighted by Gasteiger charge is 2.16. The van der Waals surface area contributed by atoms with Gasteiger partial charge in [-0.3, -0.25) is 9.48 Å². The van der Waals surface area contributed by atoms with Crippen molar-refractivity contribution in [3.8, 4) is 0 Å². The molecule has 1 aromatic carbocycles. The quantitative estimate of drug-likeness (QED) is 0.696. The van der Waals surface area contributed by atoms with E-state index in [1.165, 1.54) is 6.33 Å². The second kappa shape index (κ2) is 4.62. The first-order chi connectivity index (χ1) is 9.15. The SMILES string of the molecule is Cn1ncnc1CC(=O)c1cc2cccc(Br)c2o1. The Labute approximate surface area is 117 Å². The number of furan rings is 1. The molecular weight excluding hydrogens is 310 g/mol. The van der Waals surface area contributed by atoms with Crippen LogP contribution in [0.3, 0.4) is 0 Å². The molecule has 3 aromatic rings. The first-order valence-corrected chi connectivity index (χ1v) is 6.48. The Morgan fingerprint density at radius 1 is 1.47 bits per heavy atom.